The van der Waals surface area contributed by atoms with Crippen LogP contribution in [0.15, 0.2) is 54.6 Å². The molecular weight excluding hydrogens is 756 g/mol. The first-order valence-electron chi connectivity index (χ1n) is 20.5. The van der Waals surface area contributed by atoms with E-state index in [9.17, 15) is 19.2 Å². The van der Waals surface area contributed by atoms with Gasteiger partial charge in [-0.1, -0.05) is 64.8 Å². The van der Waals surface area contributed by atoms with Crippen molar-refractivity contribution in [2.45, 2.75) is 117 Å². The number of carbonyl (C=O) groups is 4. The molecule has 0 unspecified atom stereocenters. The summed E-state index contributed by atoms with van der Waals surface area (Å²) in [4.78, 5) is 49.4. The number of benzene rings is 2. The van der Waals surface area contributed by atoms with Crippen LogP contribution in [0.4, 0.5) is 4.39 Å². The van der Waals surface area contributed by atoms with Gasteiger partial charge in [0.15, 0.2) is 0 Å². The van der Waals surface area contributed by atoms with E-state index in [1.54, 1.807) is 31.2 Å². The molecular formula is C47H59FN2O9. The van der Waals surface area contributed by atoms with Crippen molar-refractivity contribution in [3.63, 3.8) is 0 Å². The smallest absolute Gasteiger partial charge is 0.333 e. The predicted molar refractivity (Wildman–Crippen MR) is 220 cm³/mol. The average molecular weight is 815 g/mol. The van der Waals surface area contributed by atoms with Gasteiger partial charge in [0.25, 0.3) is 0 Å². The van der Waals surface area contributed by atoms with Crippen molar-refractivity contribution in [1.29, 1.82) is 10.5 Å². The van der Waals surface area contributed by atoms with Crippen molar-refractivity contribution >= 4 is 23.9 Å². The molecule has 12 heteroatoms. The first kappa shape index (κ1) is 47.9. The fourth-order valence-electron chi connectivity index (χ4n) is 7.08. The lowest BCUT2D eigenvalue weighted by molar-refractivity contribution is -0.162. The molecule has 1 saturated carbocycles. The summed E-state index contributed by atoms with van der Waals surface area (Å²) in [5.41, 5.74) is 2.39. The second-order valence-electron chi connectivity index (χ2n) is 15.6. The third-order valence-electron chi connectivity index (χ3n) is 10.6. The molecule has 0 atom stereocenters. The number of carbonyl (C=O) groups excluding carboxylic acids is 4. The molecule has 1 aliphatic carbocycles. The van der Waals surface area contributed by atoms with Crippen LogP contribution >= 0.6 is 0 Å². The van der Waals surface area contributed by atoms with E-state index in [1.807, 2.05) is 25.1 Å². The molecule has 0 bridgehead atoms. The van der Waals surface area contributed by atoms with Gasteiger partial charge in [0.2, 0.25) is 0 Å². The van der Waals surface area contributed by atoms with E-state index in [2.05, 4.69) is 20.1 Å². The lowest BCUT2D eigenvalue weighted by Crippen LogP contribution is -2.44. The maximum atomic E-state index is 16.2. The van der Waals surface area contributed by atoms with Crippen LogP contribution < -0.4 is 4.74 Å². The monoisotopic (exact) mass is 814 g/mol. The van der Waals surface area contributed by atoms with Crippen molar-refractivity contribution in [1.82, 2.24) is 0 Å². The van der Waals surface area contributed by atoms with Gasteiger partial charge in [-0.05, 0) is 111 Å². The summed E-state index contributed by atoms with van der Waals surface area (Å²) in [6, 6.07) is 12.6. The van der Waals surface area contributed by atoms with Crippen LogP contribution in [0.1, 0.15) is 121 Å². The van der Waals surface area contributed by atoms with Crippen LogP contribution in [0.3, 0.4) is 0 Å². The Hall–Kier alpha value is -5.49. The van der Waals surface area contributed by atoms with Crippen LogP contribution in [0.2, 0.25) is 0 Å². The molecule has 0 saturated heterocycles. The van der Waals surface area contributed by atoms with Gasteiger partial charge in [-0.3, -0.25) is 9.59 Å². The molecule has 0 amide bonds. The zero-order valence-electron chi connectivity index (χ0n) is 35.1. The maximum Gasteiger partial charge on any atom is 0.333 e. The Kier molecular flexibility index (Phi) is 19.8. The third kappa shape index (κ3) is 15.3. The van der Waals surface area contributed by atoms with Gasteiger partial charge in [-0.25, -0.2) is 14.0 Å². The molecule has 3 rings (SSSR count). The number of hydrogen-bond donors (Lipinski definition) is 0. The first-order valence-corrected chi connectivity index (χ1v) is 20.5. The minimum absolute atomic E-state index is 0.0738. The fourth-order valence-corrected chi connectivity index (χ4v) is 7.08. The van der Waals surface area contributed by atoms with E-state index >= 15 is 4.39 Å². The van der Waals surface area contributed by atoms with Gasteiger partial charge in [-0.15, -0.1) is 0 Å². The molecule has 11 nitrogen and oxygen atoms in total. The van der Waals surface area contributed by atoms with Crippen molar-refractivity contribution in [3.8, 4) is 29.0 Å². The summed E-state index contributed by atoms with van der Waals surface area (Å²) in [6.07, 6.45) is 9.52. The molecule has 0 radical (unpaired) electrons. The number of rotatable bonds is 24. The number of esters is 4. The standard InChI is InChI=1S/C47H59FN2O9/c1-7-9-10-12-34-14-16-36(17-15-34)37-18-19-39(41(48)26-37)40-25-38(13-11-24-55-45(53)32(3)4)42(27-35(40)8-2)56-28-47(29-57-43(51)20-22-49,30-58-44(52)21-23-50)31-59-46(54)33(5)6/h18-19,25-27,34,36H,3,5,7-17,20-21,24,28-31H2,1-2,4,6H3. The predicted octanol–water partition coefficient (Wildman–Crippen LogP) is 9.36. The highest BCUT2D eigenvalue weighted by molar-refractivity contribution is 5.87. The number of aryl methyl sites for hydroxylation is 2. The number of nitrogens with zero attached hydrogens (tertiary/aromatic N) is 2. The molecule has 0 heterocycles. The van der Waals surface area contributed by atoms with Gasteiger partial charge < -0.3 is 23.7 Å². The van der Waals surface area contributed by atoms with E-state index in [4.69, 9.17) is 34.2 Å². The molecule has 0 aromatic heterocycles. The Morgan fingerprint density at radius 3 is 1.93 bits per heavy atom. The Morgan fingerprint density at radius 2 is 1.37 bits per heavy atom. The largest absolute Gasteiger partial charge is 0.492 e. The number of halogens is 1. The summed E-state index contributed by atoms with van der Waals surface area (Å²) in [6.45, 7) is 12.7. The van der Waals surface area contributed by atoms with E-state index in [-0.39, 0.29) is 30.2 Å². The SMILES string of the molecule is C=C(C)C(=O)OCCCc1cc(-c2ccc(C3CCC(CCCCC)CC3)cc2F)c(CC)cc1OCC(COC(=O)CC#N)(COC(=O)CC#N)COC(=O)C(=C)C. The molecule has 0 aliphatic heterocycles. The number of hydrogen-bond acceptors (Lipinski definition) is 11. The van der Waals surface area contributed by atoms with E-state index in [1.165, 1.54) is 32.6 Å². The lowest BCUT2D eigenvalue weighted by Gasteiger charge is -2.32. The molecule has 1 aliphatic rings. The summed E-state index contributed by atoms with van der Waals surface area (Å²) in [7, 11) is 0. The van der Waals surface area contributed by atoms with Gasteiger partial charge in [0, 0.05) is 16.7 Å². The second-order valence-corrected chi connectivity index (χ2v) is 15.6. The van der Waals surface area contributed by atoms with Gasteiger partial charge >= 0.3 is 23.9 Å². The molecule has 1 fully saturated rings. The third-order valence-corrected chi connectivity index (χ3v) is 10.6. The highest BCUT2D eigenvalue weighted by atomic mass is 19.1. The quantitative estimate of drug-likeness (QED) is 0.0430. The summed E-state index contributed by atoms with van der Waals surface area (Å²) in [5, 5.41) is 18.1. The van der Waals surface area contributed by atoms with Gasteiger partial charge in [-0.2, -0.15) is 10.5 Å². The molecule has 0 spiro atoms. The summed E-state index contributed by atoms with van der Waals surface area (Å²) in [5.74, 6) is -1.91. The van der Waals surface area contributed by atoms with Gasteiger partial charge in [0.05, 0.1) is 18.7 Å². The molecule has 0 N–H and O–H groups in total. The van der Waals surface area contributed by atoms with E-state index < -0.39 is 62.0 Å². The minimum atomic E-state index is -1.50. The topological polar surface area (TPSA) is 162 Å². The zero-order chi connectivity index (χ0) is 43.4. The van der Waals surface area contributed by atoms with Crippen LogP contribution in [-0.4, -0.2) is 56.9 Å². The van der Waals surface area contributed by atoms with Crippen LogP contribution in [0, 0.1) is 39.8 Å². The van der Waals surface area contributed by atoms with Crippen LogP contribution in [0.25, 0.3) is 11.1 Å². The van der Waals surface area contributed by atoms with Crippen LogP contribution in [-0.2, 0) is 51.0 Å². The first-order chi connectivity index (χ1) is 28.3. The number of nitriles is 2. The molecule has 59 heavy (non-hydrogen) atoms. The summed E-state index contributed by atoms with van der Waals surface area (Å²) >= 11 is 0. The fraction of sp³-hybridized carbons (Fsp3) is 0.532. The minimum Gasteiger partial charge on any atom is -0.492 e. The van der Waals surface area contributed by atoms with E-state index in [0.29, 0.717) is 47.6 Å². The highest BCUT2D eigenvalue weighted by Crippen LogP contribution is 2.40. The Bertz CT molecular complexity index is 1850. The van der Waals surface area contributed by atoms with Gasteiger partial charge in [0.1, 0.15) is 56.3 Å². The number of unbranched alkanes of at least 4 members (excludes halogenated alkanes) is 2. The normalized spacial score (nSPS) is 14.9. The Balaban J connectivity index is 2.02. The number of ether oxygens (including phenoxy) is 5. The van der Waals surface area contributed by atoms with Crippen molar-refractivity contribution in [2.24, 2.45) is 11.3 Å². The molecule has 2 aromatic carbocycles. The van der Waals surface area contributed by atoms with E-state index in [0.717, 1.165) is 42.7 Å². The average Bonchev–Trinajstić information content (AvgIpc) is 3.22. The second kappa shape index (κ2) is 24.4. The van der Waals surface area contributed by atoms with Crippen molar-refractivity contribution in [3.05, 3.63) is 77.1 Å². The lowest BCUT2D eigenvalue weighted by atomic mass is 9.76. The van der Waals surface area contributed by atoms with Crippen LogP contribution in [0.5, 0.6) is 5.75 Å². The Labute approximate surface area is 348 Å². The molecule has 2 aromatic rings. The Morgan fingerprint density at radius 1 is 0.763 bits per heavy atom. The van der Waals surface area contributed by atoms with Crippen molar-refractivity contribution in [2.75, 3.05) is 33.0 Å². The molecule has 318 valence electrons. The summed E-state index contributed by atoms with van der Waals surface area (Å²) < 4.78 is 44.3. The van der Waals surface area contributed by atoms with Crippen molar-refractivity contribution < 1.29 is 47.3 Å². The highest BCUT2D eigenvalue weighted by Gasteiger charge is 2.38. The maximum absolute atomic E-state index is 16.2. The zero-order valence-corrected chi connectivity index (χ0v) is 35.1.